The Morgan fingerprint density at radius 2 is 2.20 bits per heavy atom. The molecule has 0 fully saturated rings. The summed E-state index contributed by atoms with van der Waals surface area (Å²) in [7, 11) is 0. The molecule has 0 aliphatic carbocycles. The summed E-state index contributed by atoms with van der Waals surface area (Å²) in [6.45, 7) is 1.28. The van der Waals surface area contributed by atoms with Crippen molar-refractivity contribution in [2.45, 2.75) is 6.92 Å². The summed E-state index contributed by atoms with van der Waals surface area (Å²) in [4.78, 5) is 10.4. The first-order valence-corrected chi connectivity index (χ1v) is 4.31. The van der Waals surface area contributed by atoms with Gasteiger partial charge in [-0.1, -0.05) is 0 Å². The van der Waals surface area contributed by atoms with Crippen LogP contribution in [0.1, 0.15) is 6.92 Å². The Morgan fingerprint density at radius 3 is 2.73 bits per heavy atom. The Kier molecular flexibility index (Phi) is 3.60. The highest BCUT2D eigenvalue weighted by molar-refractivity contribution is 5.69. The molecule has 0 radical (unpaired) electrons. The summed E-state index contributed by atoms with van der Waals surface area (Å²) in [5.74, 6) is -3.46. The van der Waals surface area contributed by atoms with Gasteiger partial charge >= 0.3 is 5.97 Å². The van der Waals surface area contributed by atoms with Gasteiger partial charge in [-0.25, -0.2) is 8.78 Å². The van der Waals surface area contributed by atoms with Gasteiger partial charge in [-0.15, -0.1) is 0 Å². The molecule has 3 nitrogen and oxygen atoms in total. The fourth-order valence-electron chi connectivity index (χ4n) is 0.878. The number of benzene rings is 1. The molecular formula is C10H10F2O3. The lowest BCUT2D eigenvalue weighted by Gasteiger charge is -2.09. The van der Waals surface area contributed by atoms with Gasteiger partial charge in [0.2, 0.25) is 0 Å². The molecule has 0 unspecified atom stereocenters. The summed E-state index contributed by atoms with van der Waals surface area (Å²) in [5, 5.41) is 8.54. The molecule has 0 aromatic heterocycles. The van der Waals surface area contributed by atoms with Crippen LogP contribution in [0.5, 0.6) is 5.75 Å². The number of carboxylic acid groups (broad SMARTS) is 1. The molecule has 0 amide bonds. The summed E-state index contributed by atoms with van der Waals surface area (Å²) < 4.78 is 30.4. The molecule has 82 valence electrons. The van der Waals surface area contributed by atoms with Crippen molar-refractivity contribution in [3.05, 3.63) is 29.8 Å². The highest BCUT2D eigenvalue weighted by Crippen LogP contribution is 2.18. The molecule has 0 aliphatic rings. The number of hydrogen-bond donors (Lipinski definition) is 1. The van der Waals surface area contributed by atoms with E-state index in [1.54, 1.807) is 0 Å². The average molecular weight is 216 g/mol. The van der Waals surface area contributed by atoms with Crippen LogP contribution in [0.15, 0.2) is 18.2 Å². The minimum absolute atomic E-state index is 0.149. The molecule has 0 heterocycles. The van der Waals surface area contributed by atoms with Gasteiger partial charge in [0, 0.05) is 6.07 Å². The van der Waals surface area contributed by atoms with Crippen LogP contribution in [0.4, 0.5) is 8.78 Å². The van der Waals surface area contributed by atoms with Crippen molar-refractivity contribution in [3.63, 3.8) is 0 Å². The Bertz CT molecular complexity index is 366. The maximum Gasteiger partial charge on any atom is 0.309 e. The van der Waals surface area contributed by atoms with Crippen molar-refractivity contribution in [1.82, 2.24) is 0 Å². The van der Waals surface area contributed by atoms with E-state index in [2.05, 4.69) is 0 Å². The third-order valence-electron chi connectivity index (χ3n) is 1.80. The molecule has 1 aromatic carbocycles. The zero-order valence-electron chi connectivity index (χ0n) is 8.04. The van der Waals surface area contributed by atoms with E-state index in [-0.39, 0.29) is 12.4 Å². The van der Waals surface area contributed by atoms with Crippen LogP contribution in [0.2, 0.25) is 0 Å². The van der Waals surface area contributed by atoms with E-state index in [9.17, 15) is 13.6 Å². The fourth-order valence-corrected chi connectivity index (χ4v) is 0.878. The van der Waals surface area contributed by atoms with Gasteiger partial charge in [0.15, 0.2) is 11.6 Å². The summed E-state index contributed by atoms with van der Waals surface area (Å²) in [6.07, 6.45) is 0. The van der Waals surface area contributed by atoms with Crippen molar-refractivity contribution in [2.75, 3.05) is 6.61 Å². The van der Waals surface area contributed by atoms with Crippen LogP contribution in [-0.4, -0.2) is 17.7 Å². The molecule has 0 spiro atoms. The van der Waals surface area contributed by atoms with E-state index < -0.39 is 23.5 Å². The molecule has 1 aromatic rings. The smallest absolute Gasteiger partial charge is 0.309 e. The van der Waals surface area contributed by atoms with Crippen LogP contribution in [0.25, 0.3) is 0 Å². The SMILES string of the molecule is C[C@H](COc1ccc(F)cc1F)C(=O)O. The Balaban J connectivity index is 2.62. The zero-order chi connectivity index (χ0) is 11.4. The number of carboxylic acids is 1. The molecule has 1 N–H and O–H groups in total. The minimum atomic E-state index is -1.03. The Morgan fingerprint density at radius 1 is 1.53 bits per heavy atom. The normalized spacial score (nSPS) is 12.2. The standard InChI is InChI=1S/C10H10F2O3/c1-6(10(13)14)5-15-9-3-2-7(11)4-8(9)12/h2-4,6H,5H2,1H3,(H,13,14)/t6-/m1/s1. The van der Waals surface area contributed by atoms with Crippen molar-refractivity contribution < 1.29 is 23.4 Å². The van der Waals surface area contributed by atoms with Crippen molar-refractivity contribution in [2.24, 2.45) is 5.92 Å². The van der Waals surface area contributed by atoms with Crippen molar-refractivity contribution >= 4 is 5.97 Å². The maximum atomic E-state index is 13.0. The molecule has 1 atom stereocenters. The zero-order valence-corrected chi connectivity index (χ0v) is 8.04. The van der Waals surface area contributed by atoms with E-state index in [0.717, 1.165) is 12.1 Å². The second kappa shape index (κ2) is 4.72. The fraction of sp³-hybridized carbons (Fsp3) is 0.300. The predicted molar refractivity (Wildman–Crippen MR) is 48.7 cm³/mol. The third kappa shape index (κ3) is 3.19. The molecule has 0 aliphatic heterocycles. The van der Waals surface area contributed by atoms with Gasteiger partial charge in [-0.05, 0) is 19.1 Å². The largest absolute Gasteiger partial charge is 0.490 e. The van der Waals surface area contributed by atoms with E-state index in [0.29, 0.717) is 6.07 Å². The van der Waals surface area contributed by atoms with Crippen LogP contribution in [-0.2, 0) is 4.79 Å². The molecular weight excluding hydrogens is 206 g/mol. The van der Waals surface area contributed by atoms with Gasteiger partial charge < -0.3 is 9.84 Å². The first kappa shape index (κ1) is 11.4. The quantitative estimate of drug-likeness (QED) is 0.837. The highest BCUT2D eigenvalue weighted by atomic mass is 19.1. The molecule has 0 saturated carbocycles. The molecule has 1 rings (SSSR count). The second-order valence-electron chi connectivity index (χ2n) is 3.13. The molecule has 0 saturated heterocycles. The lowest BCUT2D eigenvalue weighted by atomic mass is 10.2. The average Bonchev–Trinajstić information content (AvgIpc) is 2.15. The minimum Gasteiger partial charge on any atom is -0.490 e. The number of aliphatic carboxylic acids is 1. The molecule has 0 bridgehead atoms. The molecule has 15 heavy (non-hydrogen) atoms. The van der Waals surface area contributed by atoms with Crippen LogP contribution in [0.3, 0.4) is 0 Å². The van der Waals surface area contributed by atoms with E-state index in [1.807, 2.05) is 0 Å². The number of hydrogen-bond acceptors (Lipinski definition) is 2. The van der Waals surface area contributed by atoms with E-state index in [4.69, 9.17) is 9.84 Å². The Labute approximate surface area is 85.3 Å². The van der Waals surface area contributed by atoms with Crippen LogP contribution < -0.4 is 4.74 Å². The van der Waals surface area contributed by atoms with Gasteiger partial charge in [0.1, 0.15) is 12.4 Å². The number of halogens is 2. The van der Waals surface area contributed by atoms with Gasteiger partial charge in [-0.3, -0.25) is 4.79 Å². The highest BCUT2D eigenvalue weighted by Gasteiger charge is 2.13. The number of ether oxygens (including phenoxy) is 1. The van der Waals surface area contributed by atoms with Crippen molar-refractivity contribution in [3.8, 4) is 5.75 Å². The topological polar surface area (TPSA) is 46.5 Å². The first-order valence-electron chi connectivity index (χ1n) is 4.31. The second-order valence-corrected chi connectivity index (χ2v) is 3.13. The summed E-state index contributed by atoms with van der Waals surface area (Å²) in [5.41, 5.74) is 0. The van der Waals surface area contributed by atoms with Crippen LogP contribution >= 0.6 is 0 Å². The maximum absolute atomic E-state index is 13.0. The number of carbonyl (C=O) groups is 1. The van der Waals surface area contributed by atoms with Gasteiger partial charge in [-0.2, -0.15) is 0 Å². The van der Waals surface area contributed by atoms with Gasteiger partial charge in [0.05, 0.1) is 5.92 Å². The van der Waals surface area contributed by atoms with E-state index in [1.165, 1.54) is 6.92 Å². The predicted octanol–water partition coefficient (Wildman–Crippen LogP) is 2.06. The lowest BCUT2D eigenvalue weighted by molar-refractivity contribution is -0.142. The van der Waals surface area contributed by atoms with E-state index >= 15 is 0 Å². The third-order valence-corrected chi connectivity index (χ3v) is 1.80. The summed E-state index contributed by atoms with van der Waals surface area (Å²) >= 11 is 0. The monoisotopic (exact) mass is 216 g/mol. The lowest BCUT2D eigenvalue weighted by Crippen LogP contribution is -2.18. The summed E-state index contributed by atoms with van der Waals surface area (Å²) in [6, 6.07) is 2.85. The van der Waals surface area contributed by atoms with Gasteiger partial charge in [0.25, 0.3) is 0 Å². The van der Waals surface area contributed by atoms with Crippen molar-refractivity contribution in [1.29, 1.82) is 0 Å². The Hall–Kier alpha value is -1.65. The number of rotatable bonds is 4. The molecule has 5 heteroatoms. The first-order chi connectivity index (χ1) is 7.00. The van der Waals surface area contributed by atoms with Crippen LogP contribution in [0, 0.1) is 17.6 Å².